The lowest BCUT2D eigenvalue weighted by atomic mass is 10.1. The van der Waals surface area contributed by atoms with Gasteiger partial charge in [-0.3, -0.25) is 0 Å². The molecule has 1 unspecified atom stereocenters. The maximum absolute atomic E-state index is 12.7. The molecule has 0 aliphatic carbocycles. The molecule has 0 saturated carbocycles. The number of rotatable bonds is 4. The molecule has 20 heavy (non-hydrogen) atoms. The largest absolute Gasteiger partial charge is 0.381 e. The Hall–Kier alpha value is -1.47. The lowest BCUT2D eigenvalue weighted by Crippen LogP contribution is -2.13. The zero-order chi connectivity index (χ0) is 14.4. The van der Waals surface area contributed by atoms with Gasteiger partial charge >= 0.3 is 0 Å². The Labute approximate surface area is 121 Å². The molecule has 0 saturated heterocycles. The number of aromatic nitrogens is 1. The third-order valence-corrected chi connectivity index (χ3v) is 4.43. The fraction of sp³-hybridized carbons (Fsp3) is 0.312. The molecule has 0 spiro atoms. The molecule has 1 N–H and O–H groups in total. The molecular formula is C16H20FN2P. The summed E-state index contributed by atoms with van der Waals surface area (Å²) in [6, 6.07) is 3.16. The number of hydrogen-bond donors (Lipinski definition) is 1. The zero-order valence-electron chi connectivity index (χ0n) is 11.9. The fourth-order valence-electron chi connectivity index (χ4n) is 2.12. The first-order valence-corrected chi connectivity index (χ1v) is 8.09. The van der Waals surface area contributed by atoms with Crippen LogP contribution in [0.1, 0.15) is 25.8 Å². The minimum atomic E-state index is -0.432. The van der Waals surface area contributed by atoms with Gasteiger partial charge in [-0.05, 0) is 48.4 Å². The standard InChI is InChI=1S/C16H20FN2P/c1-3-5-14-11-20-16(8-13(14)4-2)19-10-12-6-7-15(17)18-9-12/h4-9,19-20H,3,10-11H2,1-2H3/b13-4-,14-5-. The quantitative estimate of drug-likeness (QED) is 0.666. The van der Waals surface area contributed by atoms with E-state index in [1.54, 1.807) is 12.3 Å². The number of hydrogen-bond acceptors (Lipinski definition) is 2. The van der Waals surface area contributed by atoms with E-state index in [1.807, 2.05) is 0 Å². The Balaban J connectivity index is 2.00. The van der Waals surface area contributed by atoms with Crippen molar-refractivity contribution < 1.29 is 4.39 Å². The number of allylic oxidation sites excluding steroid dienone is 5. The van der Waals surface area contributed by atoms with E-state index < -0.39 is 5.95 Å². The average Bonchev–Trinajstić information content (AvgIpc) is 2.48. The predicted molar refractivity (Wildman–Crippen MR) is 84.4 cm³/mol. The number of nitrogens with zero attached hydrogens (tertiary/aromatic N) is 1. The van der Waals surface area contributed by atoms with Gasteiger partial charge in [-0.15, -0.1) is 0 Å². The summed E-state index contributed by atoms with van der Waals surface area (Å²) >= 11 is 0. The molecule has 1 aliphatic rings. The van der Waals surface area contributed by atoms with E-state index in [1.165, 1.54) is 22.7 Å². The van der Waals surface area contributed by atoms with Gasteiger partial charge in [-0.25, -0.2) is 4.98 Å². The van der Waals surface area contributed by atoms with Gasteiger partial charge in [0, 0.05) is 18.2 Å². The van der Waals surface area contributed by atoms with Crippen LogP contribution in [-0.2, 0) is 6.54 Å². The van der Waals surface area contributed by atoms with Crippen molar-refractivity contribution in [2.75, 3.05) is 6.16 Å². The van der Waals surface area contributed by atoms with Gasteiger partial charge in [0.2, 0.25) is 5.95 Å². The first-order valence-electron chi connectivity index (χ1n) is 6.88. The van der Waals surface area contributed by atoms with Crippen molar-refractivity contribution in [2.24, 2.45) is 0 Å². The van der Waals surface area contributed by atoms with Gasteiger partial charge in [-0.2, -0.15) is 4.39 Å². The molecule has 1 atom stereocenters. The van der Waals surface area contributed by atoms with Crippen LogP contribution in [-0.4, -0.2) is 11.1 Å². The lowest BCUT2D eigenvalue weighted by molar-refractivity contribution is 0.581. The monoisotopic (exact) mass is 290 g/mol. The van der Waals surface area contributed by atoms with E-state index in [9.17, 15) is 4.39 Å². The summed E-state index contributed by atoms with van der Waals surface area (Å²) in [5, 5.41) is 3.43. The number of halogens is 1. The van der Waals surface area contributed by atoms with Crippen molar-refractivity contribution in [1.29, 1.82) is 0 Å². The molecule has 0 radical (unpaired) electrons. The Bertz CT molecular complexity index is 544. The van der Waals surface area contributed by atoms with Gasteiger partial charge in [0.15, 0.2) is 0 Å². The molecule has 0 fully saturated rings. The normalized spacial score (nSPS) is 20.4. The summed E-state index contributed by atoms with van der Waals surface area (Å²) in [6.07, 6.45) is 10.4. The summed E-state index contributed by atoms with van der Waals surface area (Å²) < 4.78 is 12.7. The summed E-state index contributed by atoms with van der Waals surface area (Å²) in [5.41, 5.74) is 5.01. The van der Waals surface area contributed by atoms with Crippen LogP contribution >= 0.6 is 8.58 Å². The Kier molecular flexibility index (Phi) is 5.49. The SMILES string of the molecule is C/C=C1/C=C(NCc2ccc(F)nc2)PC/C1=C/CC. The zero-order valence-corrected chi connectivity index (χ0v) is 12.9. The van der Waals surface area contributed by atoms with Crippen LogP contribution in [0.15, 0.2) is 53.1 Å². The van der Waals surface area contributed by atoms with Crippen LogP contribution in [0.3, 0.4) is 0 Å². The van der Waals surface area contributed by atoms with Crippen LogP contribution in [0.4, 0.5) is 4.39 Å². The maximum atomic E-state index is 12.7. The van der Waals surface area contributed by atoms with Crippen LogP contribution in [0, 0.1) is 5.95 Å². The third kappa shape index (κ3) is 4.01. The highest BCUT2D eigenvalue weighted by Crippen LogP contribution is 2.34. The number of nitrogens with one attached hydrogen (secondary N) is 1. The highest BCUT2D eigenvalue weighted by atomic mass is 31.1. The smallest absolute Gasteiger partial charge is 0.212 e. The topological polar surface area (TPSA) is 24.9 Å². The Morgan fingerprint density at radius 2 is 2.30 bits per heavy atom. The van der Waals surface area contributed by atoms with E-state index in [0.717, 1.165) is 26.7 Å². The first-order chi connectivity index (χ1) is 9.72. The van der Waals surface area contributed by atoms with Crippen LogP contribution in [0.25, 0.3) is 0 Å². The van der Waals surface area contributed by atoms with Gasteiger partial charge in [0.05, 0.1) is 0 Å². The van der Waals surface area contributed by atoms with Gasteiger partial charge in [-0.1, -0.05) is 33.7 Å². The molecule has 106 valence electrons. The molecule has 0 bridgehead atoms. The van der Waals surface area contributed by atoms with Gasteiger partial charge < -0.3 is 5.32 Å². The van der Waals surface area contributed by atoms with E-state index in [2.05, 4.69) is 42.4 Å². The Morgan fingerprint density at radius 3 is 2.95 bits per heavy atom. The summed E-state index contributed by atoms with van der Waals surface area (Å²) in [7, 11) is 0.768. The van der Waals surface area contributed by atoms with Gasteiger partial charge in [0.25, 0.3) is 0 Å². The Morgan fingerprint density at radius 1 is 1.45 bits per heavy atom. The van der Waals surface area contributed by atoms with Crippen molar-refractivity contribution in [2.45, 2.75) is 26.8 Å². The van der Waals surface area contributed by atoms with E-state index in [4.69, 9.17) is 0 Å². The van der Waals surface area contributed by atoms with Crippen molar-refractivity contribution >= 4 is 8.58 Å². The molecule has 1 aromatic heterocycles. The average molecular weight is 290 g/mol. The highest BCUT2D eigenvalue weighted by Gasteiger charge is 2.11. The predicted octanol–water partition coefficient (Wildman–Crippen LogP) is 4.13. The maximum Gasteiger partial charge on any atom is 0.212 e. The summed E-state index contributed by atoms with van der Waals surface area (Å²) in [6.45, 7) is 4.93. The summed E-state index contributed by atoms with van der Waals surface area (Å²) in [4.78, 5) is 3.67. The summed E-state index contributed by atoms with van der Waals surface area (Å²) in [5.74, 6) is -0.432. The highest BCUT2D eigenvalue weighted by molar-refractivity contribution is 7.43. The van der Waals surface area contributed by atoms with Crippen LogP contribution < -0.4 is 5.32 Å². The molecular weight excluding hydrogens is 270 g/mol. The van der Waals surface area contributed by atoms with Crippen LogP contribution in [0.5, 0.6) is 0 Å². The minimum Gasteiger partial charge on any atom is -0.381 e. The molecule has 2 heterocycles. The van der Waals surface area contributed by atoms with E-state index in [0.29, 0.717) is 6.54 Å². The molecule has 2 rings (SSSR count). The third-order valence-electron chi connectivity index (χ3n) is 3.17. The van der Waals surface area contributed by atoms with E-state index >= 15 is 0 Å². The first kappa shape index (κ1) is 14.9. The second kappa shape index (κ2) is 7.35. The van der Waals surface area contributed by atoms with E-state index in [-0.39, 0.29) is 0 Å². The molecule has 0 amide bonds. The van der Waals surface area contributed by atoms with Crippen LogP contribution in [0.2, 0.25) is 0 Å². The minimum absolute atomic E-state index is 0.432. The molecule has 4 heteroatoms. The molecule has 2 nitrogen and oxygen atoms in total. The molecule has 1 aliphatic heterocycles. The van der Waals surface area contributed by atoms with Crippen molar-refractivity contribution in [3.05, 3.63) is 64.7 Å². The molecule has 1 aromatic rings. The lowest BCUT2D eigenvalue weighted by Gasteiger charge is -2.20. The second-order valence-corrected chi connectivity index (χ2v) is 5.88. The van der Waals surface area contributed by atoms with Crippen molar-refractivity contribution in [3.63, 3.8) is 0 Å². The second-order valence-electron chi connectivity index (χ2n) is 4.64. The number of pyridine rings is 1. The molecule has 0 aromatic carbocycles. The van der Waals surface area contributed by atoms with Crippen molar-refractivity contribution in [1.82, 2.24) is 10.3 Å². The van der Waals surface area contributed by atoms with Crippen molar-refractivity contribution in [3.8, 4) is 0 Å². The fourth-order valence-corrected chi connectivity index (χ4v) is 3.32. The van der Waals surface area contributed by atoms with Gasteiger partial charge in [0.1, 0.15) is 0 Å².